The van der Waals surface area contributed by atoms with Crippen LogP contribution in [0.25, 0.3) is 84.5 Å². The summed E-state index contributed by atoms with van der Waals surface area (Å²) in [7, 11) is 0. The Morgan fingerprint density at radius 2 is 0.942 bits per heavy atom. The van der Waals surface area contributed by atoms with Gasteiger partial charge in [0.05, 0.1) is 10.4 Å². The van der Waals surface area contributed by atoms with Gasteiger partial charge in [-0.1, -0.05) is 109 Å². The molecule has 0 atom stereocenters. The molecule has 0 saturated heterocycles. The Morgan fingerprint density at radius 3 is 1.79 bits per heavy atom. The number of thiophene rings is 2. The molecule has 0 amide bonds. The van der Waals surface area contributed by atoms with Crippen molar-refractivity contribution in [3.8, 4) is 22.3 Å². The third-order valence-electron chi connectivity index (χ3n) is 10.3. The summed E-state index contributed by atoms with van der Waals surface area (Å²) in [5.74, 6) is 0. The molecule has 0 aliphatic rings. The van der Waals surface area contributed by atoms with Crippen molar-refractivity contribution in [3.05, 3.63) is 176 Å². The summed E-state index contributed by atoms with van der Waals surface area (Å²) in [4.78, 5) is 2.42. The van der Waals surface area contributed by atoms with Crippen LogP contribution in [0.3, 0.4) is 0 Å². The second kappa shape index (κ2) is 11.7. The molecule has 11 aromatic rings. The maximum Gasteiger partial charge on any atom is 0.136 e. The zero-order valence-corrected chi connectivity index (χ0v) is 29.5. The Labute approximate surface area is 308 Å². The van der Waals surface area contributed by atoms with E-state index in [2.05, 4.69) is 169 Å². The average molecular weight is 700 g/mol. The van der Waals surface area contributed by atoms with E-state index < -0.39 is 0 Å². The molecule has 244 valence electrons. The number of hydrogen-bond acceptors (Lipinski definition) is 4. The van der Waals surface area contributed by atoms with E-state index in [1.165, 1.54) is 57.2 Å². The predicted octanol–water partition coefficient (Wildman–Crippen LogP) is 15.1. The molecule has 0 N–H and O–H groups in total. The number of benzene rings is 8. The van der Waals surface area contributed by atoms with Crippen LogP contribution >= 0.6 is 22.7 Å². The van der Waals surface area contributed by atoms with Crippen molar-refractivity contribution < 1.29 is 4.42 Å². The van der Waals surface area contributed by atoms with E-state index in [-0.39, 0.29) is 0 Å². The molecule has 52 heavy (non-hydrogen) atoms. The largest absolute Gasteiger partial charge is 0.456 e. The molecular formula is C48H29NOS2. The van der Waals surface area contributed by atoms with Crippen LogP contribution in [0.1, 0.15) is 0 Å². The Morgan fingerprint density at radius 1 is 0.346 bits per heavy atom. The molecule has 3 heterocycles. The first-order valence-electron chi connectivity index (χ1n) is 17.5. The minimum Gasteiger partial charge on any atom is -0.456 e. The second-order valence-corrected chi connectivity index (χ2v) is 15.4. The van der Waals surface area contributed by atoms with E-state index >= 15 is 0 Å². The molecule has 0 radical (unpaired) electrons. The van der Waals surface area contributed by atoms with Gasteiger partial charge in [-0.2, -0.15) is 0 Å². The number of fused-ring (bicyclic) bond motifs is 9. The van der Waals surface area contributed by atoms with Gasteiger partial charge in [-0.15, -0.1) is 22.7 Å². The molecular weight excluding hydrogens is 671 g/mol. The SMILES string of the molecule is c1cc(-c2ccc3c(c2)oc2ccccc23)cc(N(c2ccc(-c3ccc4c(c3)sc3ccccc34)cc2)c2cccc3c2sc2ccccc23)c1. The van der Waals surface area contributed by atoms with Crippen molar-refractivity contribution in [2.75, 3.05) is 4.90 Å². The van der Waals surface area contributed by atoms with E-state index in [4.69, 9.17) is 4.42 Å². The molecule has 8 aromatic carbocycles. The number of furan rings is 1. The fraction of sp³-hybridized carbons (Fsp3) is 0. The van der Waals surface area contributed by atoms with Crippen molar-refractivity contribution in [3.63, 3.8) is 0 Å². The van der Waals surface area contributed by atoms with E-state index in [1.807, 2.05) is 34.8 Å². The van der Waals surface area contributed by atoms with Crippen molar-refractivity contribution >= 4 is 102 Å². The van der Waals surface area contributed by atoms with Crippen molar-refractivity contribution in [1.82, 2.24) is 0 Å². The summed E-state index contributed by atoms with van der Waals surface area (Å²) < 4.78 is 11.5. The average Bonchev–Trinajstić information content (AvgIpc) is 3.89. The van der Waals surface area contributed by atoms with Crippen LogP contribution in [0.4, 0.5) is 17.1 Å². The van der Waals surface area contributed by atoms with Gasteiger partial charge in [0, 0.05) is 57.8 Å². The first kappa shape index (κ1) is 29.5. The highest BCUT2D eigenvalue weighted by Crippen LogP contribution is 2.46. The highest BCUT2D eigenvalue weighted by Gasteiger charge is 2.19. The Bertz CT molecular complexity index is 3150. The molecule has 0 bridgehead atoms. The third kappa shape index (κ3) is 4.69. The van der Waals surface area contributed by atoms with Gasteiger partial charge in [0.15, 0.2) is 0 Å². The molecule has 0 unspecified atom stereocenters. The summed E-state index contributed by atoms with van der Waals surface area (Å²) in [6, 6.07) is 63.8. The zero-order valence-electron chi connectivity index (χ0n) is 27.9. The van der Waals surface area contributed by atoms with Gasteiger partial charge in [0.25, 0.3) is 0 Å². The first-order chi connectivity index (χ1) is 25.7. The lowest BCUT2D eigenvalue weighted by molar-refractivity contribution is 0.669. The minimum atomic E-state index is 0.903. The predicted molar refractivity (Wildman–Crippen MR) is 225 cm³/mol. The molecule has 0 aliphatic heterocycles. The highest BCUT2D eigenvalue weighted by atomic mass is 32.1. The fourth-order valence-corrected chi connectivity index (χ4v) is 10.1. The summed E-state index contributed by atoms with van der Waals surface area (Å²) in [5, 5.41) is 7.51. The quantitative estimate of drug-likeness (QED) is 0.178. The standard InChI is InChI=1S/C48H29NOS2/c1-4-16-43-36(11-1)37-25-21-32(28-44(37)50-43)31-9-7-10-35(27-31)49(42-15-8-14-41-39-13-3-6-18-46(39)52-48(41)42)34-23-19-30(20-24-34)33-22-26-40-38-12-2-5-17-45(38)51-47(40)29-33/h1-29H. The van der Waals surface area contributed by atoms with E-state index in [9.17, 15) is 0 Å². The maximum atomic E-state index is 6.29. The normalized spacial score (nSPS) is 11.8. The number of rotatable bonds is 5. The van der Waals surface area contributed by atoms with E-state index in [0.717, 1.165) is 44.4 Å². The number of hydrogen-bond donors (Lipinski definition) is 0. The van der Waals surface area contributed by atoms with Crippen LogP contribution < -0.4 is 4.90 Å². The number of para-hydroxylation sites is 1. The smallest absolute Gasteiger partial charge is 0.136 e. The summed E-state index contributed by atoms with van der Waals surface area (Å²) in [6.07, 6.45) is 0. The van der Waals surface area contributed by atoms with Gasteiger partial charge < -0.3 is 9.32 Å². The third-order valence-corrected chi connectivity index (χ3v) is 12.6. The molecule has 0 spiro atoms. The molecule has 0 saturated carbocycles. The van der Waals surface area contributed by atoms with Crippen LogP contribution in [0.15, 0.2) is 180 Å². The van der Waals surface area contributed by atoms with Crippen LogP contribution in [0.2, 0.25) is 0 Å². The van der Waals surface area contributed by atoms with E-state index in [1.54, 1.807) is 0 Å². The van der Waals surface area contributed by atoms with Crippen LogP contribution in [-0.4, -0.2) is 0 Å². The minimum absolute atomic E-state index is 0.903. The monoisotopic (exact) mass is 699 g/mol. The van der Waals surface area contributed by atoms with Gasteiger partial charge in [-0.05, 0) is 89.0 Å². The molecule has 0 fully saturated rings. The van der Waals surface area contributed by atoms with Crippen molar-refractivity contribution in [2.24, 2.45) is 0 Å². The lowest BCUT2D eigenvalue weighted by Gasteiger charge is -2.27. The Balaban J connectivity index is 1.05. The molecule has 2 nitrogen and oxygen atoms in total. The van der Waals surface area contributed by atoms with Gasteiger partial charge in [0.1, 0.15) is 11.2 Å². The summed E-state index contributed by atoms with van der Waals surface area (Å²) >= 11 is 3.72. The summed E-state index contributed by atoms with van der Waals surface area (Å²) in [5.41, 5.74) is 9.90. The van der Waals surface area contributed by atoms with Gasteiger partial charge in [-0.25, -0.2) is 0 Å². The summed E-state index contributed by atoms with van der Waals surface area (Å²) in [6.45, 7) is 0. The van der Waals surface area contributed by atoms with Crippen molar-refractivity contribution in [1.29, 1.82) is 0 Å². The van der Waals surface area contributed by atoms with Crippen LogP contribution in [0, 0.1) is 0 Å². The zero-order chi connectivity index (χ0) is 34.2. The Hall–Kier alpha value is -6.20. The molecule has 11 rings (SSSR count). The molecule has 4 heteroatoms. The van der Waals surface area contributed by atoms with Gasteiger partial charge in [-0.3, -0.25) is 0 Å². The van der Waals surface area contributed by atoms with Crippen LogP contribution in [-0.2, 0) is 0 Å². The van der Waals surface area contributed by atoms with Gasteiger partial charge in [0.2, 0.25) is 0 Å². The van der Waals surface area contributed by atoms with Crippen LogP contribution in [0.5, 0.6) is 0 Å². The topological polar surface area (TPSA) is 16.4 Å². The maximum absolute atomic E-state index is 6.29. The second-order valence-electron chi connectivity index (χ2n) is 13.3. The number of anilines is 3. The van der Waals surface area contributed by atoms with E-state index in [0.29, 0.717) is 0 Å². The fourth-order valence-electron chi connectivity index (χ4n) is 7.77. The number of nitrogens with zero attached hydrogens (tertiary/aromatic N) is 1. The Kier molecular flexibility index (Phi) is 6.63. The lowest BCUT2D eigenvalue weighted by atomic mass is 10.0. The first-order valence-corrected chi connectivity index (χ1v) is 19.1. The van der Waals surface area contributed by atoms with Crippen molar-refractivity contribution in [2.45, 2.75) is 0 Å². The lowest BCUT2D eigenvalue weighted by Crippen LogP contribution is -2.10. The van der Waals surface area contributed by atoms with Gasteiger partial charge >= 0.3 is 0 Å². The molecule has 0 aliphatic carbocycles. The highest BCUT2D eigenvalue weighted by molar-refractivity contribution is 7.26. The molecule has 3 aromatic heterocycles.